The van der Waals surface area contributed by atoms with Gasteiger partial charge in [0.2, 0.25) is 10.0 Å². The number of rotatable bonds is 6. The minimum Gasteiger partial charge on any atom is -0.324 e. The molecule has 1 aromatic rings. The fraction of sp³-hybridized carbons (Fsp3) is 0.538. The van der Waals surface area contributed by atoms with Gasteiger partial charge in [0.1, 0.15) is 0 Å². The van der Waals surface area contributed by atoms with Gasteiger partial charge < -0.3 is 5.73 Å². The monoisotopic (exact) mass is 384 g/mol. The fourth-order valence-corrected chi connectivity index (χ4v) is 3.26. The molecule has 0 fully saturated rings. The molecule has 1 aromatic carbocycles. The van der Waals surface area contributed by atoms with Gasteiger partial charge in [0.15, 0.2) is 0 Å². The molecule has 0 aliphatic rings. The predicted molar refractivity (Wildman–Crippen MR) is 88.8 cm³/mol. The molecular weight excluding hydrogens is 364 g/mol. The normalized spacial score (nSPS) is 12.1. The predicted octanol–water partition coefficient (Wildman–Crippen LogP) is 2.98. The summed E-state index contributed by atoms with van der Waals surface area (Å²) in [5.74, 6) is 0. The molecule has 0 atom stereocenters. The maximum absolute atomic E-state index is 12.2. The van der Waals surface area contributed by atoms with Crippen molar-refractivity contribution >= 4 is 38.4 Å². The molecule has 0 aliphatic heterocycles. The topological polar surface area (TPSA) is 72.2 Å². The van der Waals surface area contributed by atoms with E-state index in [0.29, 0.717) is 0 Å². The number of hydrogen-bond acceptors (Lipinski definition) is 3. The number of halogens is 2. The third kappa shape index (κ3) is 5.00. The molecule has 0 aliphatic carbocycles. The van der Waals surface area contributed by atoms with E-state index in [1.54, 1.807) is 18.2 Å². The molecule has 0 heterocycles. The van der Waals surface area contributed by atoms with Crippen molar-refractivity contribution in [3.8, 4) is 0 Å². The molecule has 4 nitrogen and oxygen atoms in total. The summed E-state index contributed by atoms with van der Waals surface area (Å²) in [6, 6.07) is 4.97. The molecule has 0 saturated heterocycles. The Bertz CT molecular complexity index is 545. The maximum Gasteiger partial charge on any atom is 0.240 e. The molecule has 0 spiro atoms. The van der Waals surface area contributed by atoms with Crippen molar-refractivity contribution in [2.24, 2.45) is 5.73 Å². The van der Waals surface area contributed by atoms with E-state index < -0.39 is 15.6 Å². The van der Waals surface area contributed by atoms with E-state index in [9.17, 15) is 8.42 Å². The molecule has 0 bridgehead atoms. The average Bonchev–Trinajstić information content (AvgIpc) is 2.39. The molecule has 7 heteroatoms. The highest BCUT2D eigenvalue weighted by molar-refractivity contribution is 9.10. The highest BCUT2D eigenvalue weighted by atomic mass is 79.9. The Morgan fingerprint density at radius 3 is 2.30 bits per heavy atom. The fourth-order valence-electron chi connectivity index (χ4n) is 1.56. The van der Waals surface area contributed by atoms with E-state index in [1.807, 2.05) is 20.8 Å². The van der Waals surface area contributed by atoms with Gasteiger partial charge in [-0.3, -0.25) is 0 Å². The number of aryl methyl sites for hydroxylation is 1. The first kappa shape index (κ1) is 19.9. The minimum atomic E-state index is -3.51. The summed E-state index contributed by atoms with van der Waals surface area (Å²) in [5.41, 5.74) is 6.60. The molecule has 20 heavy (non-hydrogen) atoms. The largest absolute Gasteiger partial charge is 0.324 e. The van der Waals surface area contributed by atoms with Crippen LogP contribution in [0.4, 0.5) is 0 Å². The zero-order chi connectivity index (χ0) is 14.7. The van der Waals surface area contributed by atoms with Crippen LogP contribution in [-0.2, 0) is 10.0 Å². The summed E-state index contributed by atoms with van der Waals surface area (Å²) < 4.78 is 27.7. The summed E-state index contributed by atoms with van der Waals surface area (Å²) >= 11 is 3.34. The lowest BCUT2D eigenvalue weighted by Crippen LogP contribution is -2.49. The standard InChI is InChI=1S/C13H21BrN2O2S.ClH/c1-4-13(15,5-2)9-16-19(17,18)11-7-6-10(3)12(14)8-11;/h6-8,16H,4-5,9,15H2,1-3H3;1H. The highest BCUT2D eigenvalue weighted by Gasteiger charge is 2.24. The molecule has 0 saturated carbocycles. The average molecular weight is 386 g/mol. The zero-order valence-electron chi connectivity index (χ0n) is 11.9. The van der Waals surface area contributed by atoms with Gasteiger partial charge in [-0.2, -0.15) is 0 Å². The van der Waals surface area contributed by atoms with Crippen molar-refractivity contribution in [1.29, 1.82) is 0 Å². The van der Waals surface area contributed by atoms with E-state index in [-0.39, 0.29) is 23.8 Å². The van der Waals surface area contributed by atoms with Gasteiger partial charge in [0.05, 0.1) is 4.90 Å². The summed E-state index contributed by atoms with van der Waals surface area (Å²) in [7, 11) is -3.51. The van der Waals surface area contributed by atoms with Crippen LogP contribution in [0.15, 0.2) is 27.6 Å². The van der Waals surface area contributed by atoms with Crippen molar-refractivity contribution in [1.82, 2.24) is 4.72 Å². The van der Waals surface area contributed by atoms with E-state index in [2.05, 4.69) is 20.7 Å². The minimum absolute atomic E-state index is 0. The Morgan fingerprint density at radius 2 is 1.85 bits per heavy atom. The number of sulfonamides is 1. The molecule has 1 rings (SSSR count). The summed E-state index contributed by atoms with van der Waals surface area (Å²) in [6.45, 7) is 6.07. The van der Waals surface area contributed by atoms with Gasteiger partial charge in [-0.1, -0.05) is 35.8 Å². The van der Waals surface area contributed by atoms with Gasteiger partial charge in [-0.25, -0.2) is 13.1 Å². The molecule has 0 radical (unpaired) electrons. The Balaban J connectivity index is 0.00000361. The van der Waals surface area contributed by atoms with Crippen LogP contribution in [0, 0.1) is 6.92 Å². The number of benzene rings is 1. The summed E-state index contributed by atoms with van der Waals surface area (Å²) in [4.78, 5) is 0.250. The quantitative estimate of drug-likeness (QED) is 0.790. The second kappa shape index (κ2) is 7.75. The molecular formula is C13H22BrClN2O2S. The van der Waals surface area contributed by atoms with Crippen LogP contribution in [0.25, 0.3) is 0 Å². The van der Waals surface area contributed by atoms with Gasteiger partial charge in [0, 0.05) is 16.6 Å². The van der Waals surface area contributed by atoms with Crippen molar-refractivity contribution in [2.75, 3.05) is 6.54 Å². The van der Waals surface area contributed by atoms with E-state index >= 15 is 0 Å². The van der Waals surface area contributed by atoms with Crippen LogP contribution in [0.5, 0.6) is 0 Å². The van der Waals surface area contributed by atoms with Crippen LogP contribution >= 0.6 is 28.3 Å². The van der Waals surface area contributed by atoms with Crippen LogP contribution < -0.4 is 10.5 Å². The van der Waals surface area contributed by atoms with Crippen molar-refractivity contribution < 1.29 is 8.42 Å². The third-order valence-corrected chi connectivity index (χ3v) is 5.73. The lowest BCUT2D eigenvalue weighted by molar-refractivity contribution is 0.392. The van der Waals surface area contributed by atoms with Gasteiger partial charge in [-0.15, -0.1) is 12.4 Å². The SMILES string of the molecule is CCC(N)(CC)CNS(=O)(=O)c1ccc(C)c(Br)c1.Cl. The highest BCUT2D eigenvalue weighted by Crippen LogP contribution is 2.21. The first-order valence-corrected chi connectivity index (χ1v) is 8.56. The number of hydrogen-bond donors (Lipinski definition) is 2. The van der Waals surface area contributed by atoms with E-state index in [4.69, 9.17) is 5.73 Å². The van der Waals surface area contributed by atoms with E-state index in [0.717, 1.165) is 22.9 Å². The zero-order valence-corrected chi connectivity index (χ0v) is 15.2. The summed E-state index contributed by atoms with van der Waals surface area (Å²) in [5, 5.41) is 0. The van der Waals surface area contributed by atoms with Gasteiger partial charge >= 0.3 is 0 Å². The Morgan fingerprint density at radius 1 is 1.30 bits per heavy atom. The first-order valence-electron chi connectivity index (χ1n) is 6.29. The van der Waals surface area contributed by atoms with Crippen LogP contribution in [0.1, 0.15) is 32.3 Å². The van der Waals surface area contributed by atoms with Crippen molar-refractivity contribution in [3.05, 3.63) is 28.2 Å². The second-order valence-corrected chi connectivity index (χ2v) is 7.43. The van der Waals surface area contributed by atoms with Crippen molar-refractivity contribution in [3.63, 3.8) is 0 Å². The maximum atomic E-state index is 12.2. The van der Waals surface area contributed by atoms with E-state index in [1.165, 1.54) is 0 Å². The molecule has 0 unspecified atom stereocenters. The molecule has 3 N–H and O–H groups in total. The smallest absolute Gasteiger partial charge is 0.240 e. The third-order valence-electron chi connectivity index (χ3n) is 3.48. The van der Waals surface area contributed by atoms with Gasteiger partial charge in [-0.05, 0) is 37.5 Å². The van der Waals surface area contributed by atoms with Crippen LogP contribution in [0.2, 0.25) is 0 Å². The Kier molecular flexibility index (Phi) is 7.70. The number of nitrogens with two attached hydrogens (primary N) is 1. The van der Waals surface area contributed by atoms with Gasteiger partial charge in [0.25, 0.3) is 0 Å². The van der Waals surface area contributed by atoms with Crippen LogP contribution in [-0.4, -0.2) is 20.5 Å². The van der Waals surface area contributed by atoms with Crippen molar-refractivity contribution in [2.45, 2.75) is 44.0 Å². The molecule has 116 valence electrons. The van der Waals surface area contributed by atoms with Crippen LogP contribution in [0.3, 0.4) is 0 Å². The first-order chi connectivity index (χ1) is 8.74. The Labute approximate surface area is 136 Å². The number of nitrogens with one attached hydrogen (secondary N) is 1. The summed E-state index contributed by atoms with van der Waals surface area (Å²) in [6.07, 6.45) is 1.45. The lowest BCUT2D eigenvalue weighted by atomic mass is 9.95. The second-order valence-electron chi connectivity index (χ2n) is 4.81. The lowest BCUT2D eigenvalue weighted by Gasteiger charge is -2.26. The molecule has 0 aromatic heterocycles. The molecule has 0 amide bonds. The Hall–Kier alpha value is -0.140.